The number of hydrogen-bond acceptors (Lipinski definition) is 7. The molecule has 0 fully saturated rings. The van der Waals surface area contributed by atoms with Crippen LogP contribution in [0.25, 0.3) is 10.2 Å². The van der Waals surface area contributed by atoms with Crippen LogP contribution >= 0.6 is 50.8 Å². The number of thioether (sulfide) groups is 2. The summed E-state index contributed by atoms with van der Waals surface area (Å²) in [4.78, 5) is 33.4. The highest BCUT2D eigenvalue weighted by Gasteiger charge is 2.11. The zero-order chi connectivity index (χ0) is 21.6. The molecule has 0 bridgehead atoms. The number of pyridine rings is 1. The van der Waals surface area contributed by atoms with E-state index in [0.717, 1.165) is 29.7 Å². The summed E-state index contributed by atoms with van der Waals surface area (Å²) >= 11 is 7.71. The fraction of sp³-hybridized carbons (Fsp3) is 0.0909. The zero-order valence-corrected chi connectivity index (χ0v) is 20.1. The number of nitrogens with zero attached hydrogens (tertiary/aromatic N) is 2. The number of benzene rings is 2. The topological polar surface area (TPSA) is 72.0 Å². The zero-order valence-electron chi connectivity index (χ0n) is 16.1. The summed E-state index contributed by atoms with van der Waals surface area (Å²) in [5.74, 6) is 0.594. The van der Waals surface area contributed by atoms with Crippen LogP contribution in [0.2, 0.25) is 0 Å². The summed E-state index contributed by atoms with van der Waals surface area (Å²) in [5, 5.41) is 3.73. The summed E-state index contributed by atoms with van der Waals surface area (Å²) in [5.41, 5.74) is 2.26. The van der Waals surface area contributed by atoms with Crippen molar-refractivity contribution >= 4 is 78.4 Å². The van der Waals surface area contributed by atoms with Gasteiger partial charge in [0.1, 0.15) is 0 Å². The highest BCUT2D eigenvalue weighted by atomic mass is 79.9. The van der Waals surface area contributed by atoms with E-state index in [1.165, 1.54) is 34.9 Å². The molecule has 1 amide bonds. The summed E-state index contributed by atoms with van der Waals surface area (Å²) < 4.78 is 2.74. The Morgan fingerprint density at radius 2 is 1.84 bits per heavy atom. The summed E-state index contributed by atoms with van der Waals surface area (Å²) in [6.45, 7) is 0. The fourth-order valence-electron chi connectivity index (χ4n) is 2.66. The minimum absolute atomic E-state index is 0.0649. The standard InChI is InChI=1S/C22H16BrN3O2S3/c23-15-6-4-14(5-7-15)18(27)12-30-22-26-17-9-8-16(11-19(17)31-22)25-20(28)13-29-21-3-1-2-10-24-21/h1-11H,12-13H2,(H,25,28). The molecular weight excluding hydrogens is 514 g/mol. The Morgan fingerprint density at radius 3 is 2.61 bits per heavy atom. The minimum atomic E-state index is -0.0887. The third-order valence-electron chi connectivity index (χ3n) is 4.13. The summed E-state index contributed by atoms with van der Waals surface area (Å²) in [6, 6.07) is 18.6. The Hall–Kier alpha value is -2.20. The largest absolute Gasteiger partial charge is 0.325 e. The van der Waals surface area contributed by atoms with E-state index in [4.69, 9.17) is 0 Å². The molecule has 9 heteroatoms. The average Bonchev–Trinajstić information content (AvgIpc) is 3.19. The first-order valence-electron chi connectivity index (χ1n) is 9.23. The monoisotopic (exact) mass is 529 g/mol. The number of Topliss-reactive ketones (excluding diaryl/α,β-unsaturated/α-hetero) is 1. The van der Waals surface area contributed by atoms with Crippen LogP contribution in [0.4, 0.5) is 5.69 Å². The van der Waals surface area contributed by atoms with Gasteiger partial charge in [-0.15, -0.1) is 11.3 Å². The van der Waals surface area contributed by atoms with E-state index in [0.29, 0.717) is 11.3 Å². The Balaban J connectivity index is 1.34. The van der Waals surface area contributed by atoms with Crippen LogP contribution in [0.3, 0.4) is 0 Å². The van der Waals surface area contributed by atoms with Crippen LogP contribution in [-0.2, 0) is 4.79 Å². The number of halogens is 1. The molecule has 0 unspecified atom stereocenters. The third kappa shape index (κ3) is 6.16. The lowest BCUT2D eigenvalue weighted by Gasteiger charge is -2.04. The second-order valence-electron chi connectivity index (χ2n) is 6.39. The number of anilines is 1. The van der Waals surface area contributed by atoms with Crippen molar-refractivity contribution in [2.75, 3.05) is 16.8 Å². The number of nitrogens with one attached hydrogen (secondary N) is 1. The lowest BCUT2D eigenvalue weighted by atomic mass is 10.2. The molecule has 0 saturated carbocycles. The van der Waals surface area contributed by atoms with Gasteiger partial charge in [0.2, 0.25) is 5.91 Å². The van der Waals surface area contributed by atoms with E-state index < -0.39 is 0 Å². The summed E-state index contributed by atoms with van der Waals surface area (Å²) in [6.07, 6.45) is 1.71. The molecule has 31 heavy (non-hydrogen) atoms. The number of thiazole rings is 1. The maximum Gasteiger partial charge on any atom is 0.234 e. The van der Waals surface area contributed by atoms with Gasteiger partial charge in [-0.1, -0.05) is 57.7 Å². The molecule has 4 aromatic rings. The van der Waals surface area contributed by atoms with Gasteiger partial charge in [-0.3, -0.25) is 9.59 Å². The molecule has 156 valence electrons. The van der Waals surface area contributed by atoms with Gasteiger partial charge in [-0.2, -0.15) is 0 Å². The number of aromatic nitrogens is 2. The third-order valence-corrected chi connectivity index (χ3v) is 7.77. The quantitative estimate of drug-likeness (QED) is 0.217. The summed E-state index contributed by atoms with van der Waals surface area (Å²) in [7, 11) is 0. The predicted molar refractivity (Wildman–Crippen MR) is 132 cm³/mol. The van der Waals surface area contributed by atoms with Crippen LogP contribution in [0.1, 0.15) is 10.4 Å². The molecule has 2 heterocycles. The number of ketones is 1. The van der Waals surface area contributed by atoms with Gasteiger partial charge in [-0.05, 0) is 42.5 Å². The predicted octanol–water partition coefficient (Wildman–Crippen LogP) is 6.16. The SMILES string of the molecule is O=C(CSc1ccccn1)Nc1ccc2nc(SCC(=O)c3ccc(Br)cc3)sc2c1. The number of fused-ring (bicyclic) bond motifs is 1. The number of amides is 1. The molecule has 0 saturated heterocycles. The first kappa shape index (κ1) is 22.0. The van der Waals surface area contributed by atoms with Gasteiger partial charge in [0.25, 0.3) is 0 Å². The maximum atomic E-state index is 12.4. The van der Waals surface area contributed by atoms with Gasteiger partial charge >= 0.3 is 0 Å². The Labute approximate surface area is 200 Å². The van der Waals surface area contributed by atoms with Crippen LogP contribution in [0, 0.1) is 0 Å². The van der Waals surface area contributed by atoms with Crippen LogP contribution in [-0.4, -0.2) is 33.2 Å². The van der Waals surface area contributed by atoms with Gasteiger partial charge in [0.05, 0.1) is 26.7 Å². The van der Waals surface area contributed by atoms with E-state index in [1.54, 1.807) is 6.20 Å². The van der Waals surface area contributed by atoms with Crippen molar-refractivity contribution in [3.8, 4) is 0 Å². The van der Waals surface area contributed by atoms with Crippen molar-refractivity contribution < 1.29 is 9.59 Å². The normalized spacial score (nSPS) is 10.9. The van der Waals surface area contributed by atoms with E-state index in [9.17, 15) is 9.59 Å². The number of carbonyl (C=O) groups excluding carboxylic acids is 2. The minimum Gasteiger partial charge on any atom is -0.325 e. The number of rotatable bonds is 8. The molecular formula is C22H16BrN3O2S3. The van der Waals surface area contributed by atoms with Crippen LogP contribution in [0.5, 0.6) is 0 Å². The Kier molecular flexibility index (Phi) is 7.39. The van der Waals surface area contributed by atoms with E-state index in [-0.39, 0.29) is 17.4 Å². The van der Waals surface area contributed by atoms with Gasteiger partial charge in [0, 0.05) is 21.9 Å². The van der Waals surface area contributed by atoms with E-state index in [1.807, 2.05) is 60.7 Å². The van der Waals surface area contributed by atoms with Gasteiger partial charge in [-0.25, -0.2) is 9.97 Å². The fourth-order valence-corrected chi connectivity index (χ4v) is 5.59. The van der Waals surface area contributed by atoms with Gasteiger partial charge in [0.15, 0.2) is 10.1 Å². The van der Waals surface area contributed by atoms with Crippen LogP contribution in [0.15, 0.2) is 80.7 Å². The van der Waals surface area contributed by atoms with Crippen LogP contribution < -0.4 is 5.32 Å². The Morgan fingerprint density at radius 1 is 1.00 bits per heavy atom. The van der Waals surface area contributed by atoms with E-state index in [2.05, 4.69) is 31.2 Å². The second kappa shape index (κ2) is 10.4. The molecule has 2 aromatic heterocycles. The van der Waals surface area contributed by atoms with Crippen molar-refractivity contribution in [2.24, 2.45) is 0 Å². The van der Waals surface area contributed by atoms with E-state index >= 15 is 0 Å². The highest BCUT2D eigenvalue weighted by molar-refractivity contribution is 9.10. The van der Waals surface area contributed by atoms with Crippen molar-refractivity contribution in [1.29, 1.82) is 0 Å². The molecule has 0 atom stereocenters. The highest BCUT2D eigenvalue weighted by Crippen LogP contribution is 2.32. The molecule has 1 N–H and O–H groups in total. The van der Waals surface area contributed by atoms with Crippen molar-refractivity contribution in [3.05, 3.63) is 76.9 Å². The molecule has 4 rings (SSSR count). The number of hydrogen-bond donors (Lipinski definition) is 1. The smallest absolute Gasteiger partial charge is 0.234 e. The second-order valence-corrected chi connectivity index (χ2v) is 10.6. The molecule has 0 spiro atoms. The average molecular weight is 530 g/mol. The van der Waals surface area contributed by atoms with Crippen molar-refractivity contribution in [3.63, 3.8) is 0 Å². The molecule has 0 aliphatic carbocycles. The maximum absolute atomic E-state index is 12.4. The van der Waals surface area contributed by atoms with Crippen molar-refractivity contribution in [2.45, 2.75) is 9.37 Å². The molecule has 0 aliphatic rings. The Bertz CT molecular complexity index is 1210. The first-order valence-corrected chi connectivity index (χ1v) is 12.8. The molecule has 2 aromatic carbocycles. The molecule has 5 nitrogen and oxygen atoms in total. The van der Waals surface area contributed by atoms with Gasteiger partial charge < -0.3 is 5.32 Å². The first-order chi connectivity index (χ1) is 15.1. The molecule has 0 aliphatic heterocycles. The lowest BCUT2D eigenvalue weighted by Crippen LogP contribution is -2.13. The number of carbonyl (C=O) groups is 2. The lowest BCUT2D eigenvalue weighted by molar-refractivity contribution is -0.113. The van der Waals surface area contributed by atoms with Crippen molar-refractivity contribution in [1.82, 2.24) is 9.97 Å². The molecule has 0 radical (unpaired) electrons.